The monoisotopic (exact) mass is 339 g/mol. The van der Waals surface area contributed by atoms with Gasteiger partial charge in [0, 0.05) is 6.54 Å². The molecule has 0 aromatic heterocycles. The van der Waals surface area contributed by atoms with Crippen LogP contribution in [-0.2, 0) is 22.3 Å². The fourth-order valence-corrected chi connectivity index (χ4v) is 4.02. The van der Waals surface area contributed by atoms with Crippen molar-refractivity contribution in [1.82, 2.24) is 4.31 Å². The fraction of sp³-hybridized carbons (Fsp3) is 0.556. The van der Waals surface area contributed by atoms with Crippen molar-refractivity contribution in [3.05, 3.63) is 48.2 Å². The van der Waals surface area contributed by atoms with Gasteiger partial charge in [-0.3, -0.25) is 0 Å². The molecular formula is C18H26FNO2S. The fourth-order valence-electron chi connectivity index (χ4n) is 2.61. The van der Waals surface area contributed by atoms with Crippen molar-refractivity contribution in [3.63, 3.8) is 0 Å². The Labute approximate surface area is 141 Å². The number of ether oxygens (including phenoxy) is 1. The largest absolute Gasteiger partial charge is 0.497 e. The highest BCUT2D eigenvalue weighted by Gasteiger charge is 2.37. The van der Waals surface area contributed by atoms with Crippen molar-refractivity contribution in [1.29, 1.82) is 0 Å². The SMILES string of the molecule is CC(C)(C)S(=O)N(Cc1ccccc1)[C@H](CF)[C@@H]1CCC=CO1. The molecule has 0 radical (unpaired) electrons. The zero-order chi connectivity index (χ0) is 16.9. The number of rotatable bonds is 6. The molecule has 2 rings (SSSR count). The molecule has 1 heterocycles. The van der Waals surface area contributed by atoms with E-state index in [4.69, 9.17) is 4.74 Å². The van der Waals surface area contributed by atoms with E-state index in [-0.39, 0.29) is 6.10 Å². The number of allylic oxidation sites excluding steroid dienone is 1. The number of nitrogens with zero attached hydrogens (tertiary/aromatic N) is 1. The minimum absolute atomic E-state index is 0.264. The van der Waals surface area contributed by atoms with Crippen LogP contribution >= 0.6 is 0 Å². The van der Waals surface area contributed by atoms with E-state index >= 15 is 0 Å². The lowest BCUT2D eigenvalue weighted by Gasteiger charge is -2.38. The van der Waals surface area contributed by atoms with Gasteiger partial charge >= 0.3 is 0 Å². The zero-order valence-corrected chi connectivity index (χ0v) is 14.9. The summed E-state index contributed by atoms with van der Waals surface area (Å²) in [5.41, 5.74) is 1.02. The minimum Gasteiger partial charge on any atom is -0.497 e. The quantitative estimate of drug-likeness (QED) is 0.784. The topological polar surface area (TPSA) is 29.5 Å². The summed E-state index contributed by atoms with van der Waals surface area (Å²) in [4.78, 5) is 0. The summed E-state index contributed by atoms with van der Waals surface area (Å²) < 4.78 is 33.8. The molecule has 3 atom stereocenters. The molecule has 1 aliphatic heterocycles. The average Bonchev–Trinajstić information content (AvgIpc) is 2.55. The van der Waals surface area contributed by atoms with E-state index < -0.39 is 28.4 Å². The lowest BCUT2D eigenvalue weighted by Crippen LogP contribution is -2.50. The first-order valence-electron chi connectivity index (χ1n) is 8.02. The number of hydrogen-bond donors (Lipinski definition) is 0. The van der Waals surface area contributed by atoms with Gasteiger partial charge in [0.05, 0.1) is 17.1 Å². The summed E-state index contributed by atoms with van der Waals surface area (Å²) in [5, 5.41) is 0. The van der Waals surface area contributed by atoms with E-state index in [1.165, 1.54) is 0 Å². The molecule has 0 spiro atoms. The first-order valence-corrected chi connectivity index (χ1v) is 9.13. The standard InChI is InChI=1S/C18H26FNO2S/c1-18(2,3)23(21)20(14-15-9-5-4-6-10-15)16(13-19)17-11-7-8-12-22-17/h4-6,8-10,12,16-17H,7,11,13-14H2,1-3H3/t16-,17+,23?/m1/s1. The molecule has 5 heteroatoms. The van der Waals surface area contributed by atoms with Gasteiger partial charge in [-0.25, -0.2) is 12.9 Å². The molecule has 128 valence electrons. The third kappa shape index (κ3) is 4.88. The number of halogens is 1. The van der Waals surface area contributed by atoms with Crippen molar-refractivity contribution >= 4 is 11.0 Å². The average molecular weight is 339 g/mol. The molecule has 0 amide bonds. The van der Waals surface area contributed by atoms with E-state index in [1.807, 2.05) is 57.2 Å². The van der Waals surface area contributed by atoms with Crippen LogP contribution in [0.4, 0.5) is 4.39 Å². The summed E-state index contributed by atoms with van der Waals surface area (Å²) in [6.45, 7) is 5.62. The summed E-state index contributed by atoms with van der Waals surface area (Å²) in [6.07, 6.45) is 4.92. The van der Waals surface area contributed by atoms with Crippen LogP contribution in [0.3, 0.4) is 0 Å². The molecule has 1 aromatic rings. The van der Waals surface area contributed by atoms with Gasteiger partial charge in [-0.2, -0.15) is 0 Å². The van der Waals surface area contributed by atoms with Crippen LogP contribution < -0.4 is 0 Å². The minimum atomic E-state index is -1.32. The highest BCUT2D eigenvalue weighted by molar-refractivity contribution is 7.84. The second kappa shape index (κ2) is 8.06. The summed E-state index contributed by atoms with van der Waals surface area (Å²) in [7, 11) is -1.32. The van der Waals surface area contributed by atoms with Gasteiger partial charge in [0.25, 0.3) is 0 Å². The number of hydrogen-bond acceptors (Lipinski definition) is 2. The first kappa shape index (κ1) is 18.1. The molecule has 0 saturated heterocycles. The molecule has 0 bridgehead atoms. The Bertz CT molecular complexity index is 542. The molecule has 1 aliphatic rings. The van der Waals surface area contributed by atoms with Crippen molar-refractivity contribution < 1.29 is 13.3 Å². The molecular weight excluding hydrogens is 313 g/mol. The van der Waals surface area contributed by atoms with Gasteiger partial charge in [0.15, 0.2) is 0 Å². The third-order valence-corrected chi connectivity index (χ3v) is 5.72. The van der Waals surface area contributed by atoms with E-state index in [0.29, 0.717) is 6.54 Å². The van der Waals surface area contributed by atoms with Gasteiger partial charge in [-0.15, -0.1) is 0 Å². The predicted molar refractivity (Wildman–Crippen MR) is 92.9 cm³/mol. The molecule has 3 nitrogen and oxygen atoms in total. The van der Waals surface area contributed by atoms with Gasteiger partial charge < -0.3 is 4.74 Å². The molecule has 1 unspecified atom stereocenters. The van der Waals surface area contributed by atoms with Crippen LogP contribution in [-0.4, -0.2) is 32.1 Å². The van der Waals surface area contributed by atoms with Gasteiger partial charge in [0.1, 0.15) is 23.8 Å². The van der Waals surface area contributed by atoms with Crippen LogP contribution in [0.15, 0.2) is 42.7 Å². The second-order valence-electron chi connectivity index (χ2n) is 6.77. The maximum atomic E-state index is 13.9. The first-order chi connectivity index (χ1) is 10.9. The van der Waals surface area contributed by atoms with E-state index in [0.717, 1.165) is 18.4 Å². The molecule has 0 saturated carbocycles. The van der Waals surface area contributed by atoms with E-state index in [9.17, 15) is 8.60 Å². The maximum Gasteiger partial charge on any atom is 0.117 e. The Morgan fingerprint density at radius 1 is 1.35 bits per heavy atom. The van der Waals surface area contributed by atoms with Crippen LogP contribution in [0.25, 0.3) is 0 Å². The molecule has 0 aliphatic carbocycles. The van der Waals surface area contributed by atoms with Gasteiger partial charge in [0.2, 0.25) is 0 Å². The molecule has 0 fully saturated rings. The predicted octanol–water partition coefficient (Wildman–Crippen LogP) is 3.98. The van der Waals surface area contributed by atoms with Gasteiger partial charge in [-0.05, 0) is 45.3 Å². The van der Waals surface area contributed by atoms with E-state index in [1.54, 1.807) is 10.6 Å². The second-order valence-corrected chi connectivity index (χ2v) is 8.96. The third-order valence-electron chi connectivity index (χ3n) is 3.84. The van der Waals surface area contributed by atoms with E-state index in [2.05, 4.69) is 0 Å². The Kier molecular flexibility index (Phi) is 6.36. The molecule has 23 heavy (non-hydrogen) atoms. The Balaban J connectivity index is 2.27. The van der Waals surface area contributed by atoms with Crippen molar-refractivity contribution in [2.45, 2.75) is 57.1 Å². The zero-order valence-electron chi connectivity index (χ0n) is 14.1. The Morgan fingerprint density at radius 2 is 2.04 bits per heavy atom. The van der Waals surface area contributed by atoms with Crippen LogP contribution in [0.2, 0.25) is 0 Å². The van der Waals surface area contributed by atoms with Gasteiger partial charge in [-0.1, -0.05) is 30.3 Å². The molecule has 0 N–H and O–H groups in total. The number of benzene rings is 1. The van der Waals surface area contributed by atoms with Crippen LogP contribution in [0, 0.1) is 0 Å². The normalized spacial score (nSPS) is 21.0. The molecule has 1 aromatic carbocycles. The lowest BCUT2D eigenvalue weighted by atomic mass is 10.0. The smallest absolute Gasteiger partial charge is 0.117 e. The van der Waals surface area contributed by atoms with Crippen LogP contribution in [0.5, 0.6) is 0 Å². The Hall–Kier alpha value is -1.20. The lowest BCUT2D eigenvalue weighted by molar-refractivity contribution is 0.0442. The number of alkyl halides is 1. The Morgan fingerprint density at radius 3 is 2.57 bits per heavy atom. The summed E-state index contributed by atoms with van der Waals surface area (Å²) >= 11 is 0. The van der Waals surface area contributed by atoms with Crippen molar-refractivity contribution in [2.75, 3.05) is 6.67 Å². The van der Waals surface area contributed by atoms with Crippen molar-refractivity contribution in [2.24, 2.45) is 0 Å². The summed E-state index contributed by atoms with van der Waals surface area (Å²) in [5.74, 6) is 0. The summed E-state index contributed by atoms with van der Waals surface area (Å²) in [6, 6.07) is 9.26. The van der Waals surface area contributed by atoms with Crippen LogP contribution in [0.1, 0.15) is 39.2 Å². The maximum absolute atomic E-state index is 13.9. The van der Waals surface area contributed by atoms with Crippen molar-refractivity contribution in [3.8, 4) is 0 Å². The highest BCUT2D eigenvalue weighted by atomic mass is 32.2. The highest BCUT2D eigenvalue weighted by Crippen LogP contribution is 2.26.